The molecular weight excluding hydrogens is 266 g/mol. The molecule has 1 aliphatic heterocycles. The Bertz CT molecular complexity index is 542. The summed E-state index contributed by atoms with van der Waals surface area (Å²) in [6.45, 7) is 5.11. The third-order valence-corrected chi connectivity index (χ3v) is 3.94. The number of rotatable bonds is 4. The predicted octanol–water partition coefficient (Wildman–Crippen LogP) is 2.16. The van der Waals surface area contributed by atoms with E-state index in [1.54, 1.807) is 17.0 Å². The molecule has 0 bridgehead atoms. The summed E-state index contributed by atoms with van der Waals surface area (Å²) in [5.41, 5.74) is 8.05. The summed E-state index contributed by atoms with van der Waals surface area (Å²) in [6.07, 6.45) is 2.28. The fourth-order valence-electron chi connectivity index (χ4n) is 2.58. The third-order valence-electron chi connectivity index (χ3n) is 3.94. The average Bonchev–Trinajstić information content (AvgIpc) is 2.44. The third kappa shape index (κ3) is 3.97. The number of anilines is 2. The van der Waals surface area contributed by atoms with Gasteiger partial charge in [-0.2, -0.15) is 0 Å². The van der Waals surface area contributed by atoms with E-state index in [9.17, 15) is 9.59 Å². The summed E-state index contributed by atoms with van der Waals surface area (Å²) in [4.78, 5) is 25.8. The molecule has 3 N–H and O–H groups in total. The molecule has 0 saturated carbocycles. The highest BCUT2D eigenvalue weighted by atomic mass is 16.2. The largest absolute Gasteiger partial charge is 0.399 e. The molecular formula is C16H23N3O2. The number of benzene rings is 1. The van der Waals surface area contributed by atoms with Crippen LogP contribution in [0.3, 0.4) is 0 Å². The van der Waals surface area contributed by atoms with Crippen LogP contribution >= 0.6 is 0 Å². The monoisotopic (exact) mass is 289 g/mol. The molecule has 2 amide bonds. The van der Waals surface area contributed by atoms with Crippen LogP contribution < -0.4 is 11.1 Å². The fourth-order valence-corrected chi connectivity index (χ4v) is 2.58. The molecule has 5 heteroatoms. The summed E-state index contributed by atoms with van der Waals surface area (Å²) >= 11 is 0. The van der Waals surface area contributed by atoms with E-state index >= 15 is 0 Å². The van der Waals surface area contributed by atoms with E-state index in [1.165, 1.54) is 0 Å². The minimum atomic E-state index is -0.0882. The van der Waals surface area contributed by atoms with Gasteiger partial charge in [-0.3, -0.25) is 9.59 Å². The highest BCUT2D eigenvalue weighted by Crippen LogP contribution is 2.19. The molecule has 1 heterocycles. The normalized spacial score (nSPS) is 18.7. The summed E-state index contributed by atoms with van der Waals surface area (Å²) < 4.78 is 0. The molecule has 0 spiro atoms. The standard InChI is InChI=1S/C16H23N3O2/c1-11-5-6-13(17)10-14(11)18-15(20)7-9-19-8-3-4-12(2)16(19)21/h5-6,10,12H,3-4,7-9,17H2,1-2H3,(H,18,20). The lowest BCUT2D eigenvalue weighted by Gasteiger charge is -2.30. The van der Waals surface area contributed by atoms with E-state index in [1.807, 2.05) is 19.9 Å². The zero-order valence-electron chi connectivity index (χ0n) is 12.7. The van der Waals surface area contributed by atoms with Crippen molar-refractivity contribution in [3.8, 4) is 0 Å². The van der Waals surface area contributed by atoms with Crippen molar-refractivity contribution in [2.45, 2.75) is 33.1 Å². The Labute approximate surface area is 125 Å². The highest BCUT2D eigenvalue weighted by molar-refractivity contribution is 5.92. The molecule has 5 nitrogen and oxygen atoms in total. The summed E-state index contributed by atoms with van der Waals surface area (Å²) in [5.74, 6) is 0.155. The number of hydrogen-bond donors (Lipinski definition) is 2. The maximum atomic E-state index is 12.0. The van der Waals surface area contributed by atoms with Crippen molar-refractivity contribution in [3.05, 3.63) is 23.8 Å². The SMILES string of the molecule is Cc1ccc(N)cc1NC(=O)CCN1CCCC(C)C1=O. The molecule has 1 aliphatic rings. The van der Waals surface area contributed by atoms with E-state index in [4.69, 9.17) is 5.73 Å². The van der Waals surface area contributed by atoms with E-state index in [2.05, 4.69) is 5.32 Å². The summed E-state index contributed by atoms with van der Waals surface area (Å²) in [6, 6.07) is 5.43. The molecule has 2 rings (SSSR count). The second-order valence-electron chi connectivity index (χ2n) is 5.74. The van der Waals surface area contributed by atoms with Gasteiger partial charge in [-0.25, -0.2) is 0 Å². The number of hydrogen-bond acceptors (Lipinski definition) is 3. The summed E-state index contributed by atoms with van der Waals surface area (Å²) in [7, 11) is 0. The summed E-state index contributed by atoms with van der Waals surface area (Å²) in [5, 5.41) is 2.86. The zero-order valence-corrected chi connectivity index (χ0v) is 12.7. The van der Waals surface area contributed by atoms with Gasteiger partial charge in [-0.1, -0.05) is 13.0 Å². The fraction of sp³-hybridized carbons (Fsp3) is 0.500. The van der Waals surface area contributed by atoms with Crippen molar-refractivity contribution < 1.29 is 9.59 Å². The van der Waals surface area contributed by atoms with Crippen molar-refractivity contribution in [3.63, 3.8) is 0 Å². The number of nitrogens with one attached hydrogen (secondary N) is 1. The Hall–Kier alpha value is -2.04. The highest BCUT2D eigenvalue weighted by Gasteiger charge is 2.25. The second kappa shape index (κ2) is 6.61. The van der Waals surface area contributed by atoms with Gasteiger partial charge in [0.15, 0.2) is 0 Å². The Kier molecular flexibility index (Phi) is 4.83. The zero-order chi connectivity index (χ0) is 15.4. The van der Waals surface area contributed by atoms with E-state index in [0.29, 0.717) is 18.7 Å². The minimum Gasteiger partial charge on any atom is -0.399 e. The van der Waals surface area contributed by atoms with Crippen LogP contribution in [-0.2, 0) is 9.59 Å². The molecule has 1 atom stereocenters. The van der Waals surface area contributed by atoms with Crippen molar-refractivity contribution in [1.29, 1.82) is 0 Å². The number of carbonyl (C=O) groups is 2. The van der Waals surface area contributed by atoms with Crippen LogP contribution in [0, 0.1) is 12.8 Å². The molecule has 1 aromatic carbocycles. The lowest BCUT2D eigenvalue weighted by molar-refractivity contribution is -0.138. The Morgan fingerprint density at radius 1 is 1.48 bits per heavy atom. The van der Waals surface area contributed by atoms with Crippen LogP contribution in [0.25, 0.3) is 0 Å². The predicted molar refractivity (Wildman–Crippen MR) is 83.8 cm³/mol. The lowest BCUT2D eigenvalue weighted by atomic mass is 9.99. The van der Waals surface area contributed by atoms with Gasteiger partial charge in [-0.05, 0) is 37.5 Å². The number of nitrogens with two attached hydrogens (primary N) is 1. The average molecular weight is 289 g/mol. The van der Waals surface area contributed by atoms with Crippen LogP contribution in [0.5, 0.6) is 0 Å². The van der Waals surface area contributed by atoms with Gasteiger partial charge in [0.1, 0.15) is 0 Å². The molecule has 1 aromatic rings. The molecule has 114 valence electrons. The van der Waals surface area contributed by atoms with Gasteiger partial charge in [0.2, 0.25) is 11.8 Å². The van der Waals surface area contributed by atoms with Crippen molar-refractivity contribution in [2.75, 3.05) is 24.1 Å². The van der Waals surface area contributed by atoms with Gasteiger partial charge < -0.3 is 16.0 Å². The van der Waals surface area contributed by atoms with Crippen molar-refractivity contribution in [2.24, 2.45) is 5.92 Å². The smallest absolute Gasteiger partial charge is 0.226 e. The molecule has 0 aromatic heterocycles. The first-order valence-electron chi connectivity index (χ1n) is 7.42. The van der Waals surface area contributed by atoms with Crippen LogP contribution in [-0.4, -0.2) is 29.8 Å². The van der Waals surface area contributed by atoms with Gasteiger partial charge in [-0.15, -0.1) is 0 Å². The number of nitrogens with zero attached hydrogens (tertiary/aromatic N) is 1. The molecule has 1 fully saturated rings. The van der Waals surface area contributed by atoms with Gasteiger partial charge in [0.25, 0.3) is 0 Å². The van der Waals surface area contributed by atoms with E-state index in [-0.39, 0.29) is 17.7 Å². The lowest BCUT2D eigenvalue weighted by Crippen LogP contribution is -2.41. The minimum absolute atomic E-state index is 0.0815. The van der Waals surface area contributed by atoms with E-state index in [0.717, 1.165) is 30.6 Å². The topological polar surface area (TPSA) is 75.4 Å². The second-order valence-corrected chi connectivity index (χ2v) is 5.74. The Morgan fingerprint density at radius 2 is 2.24 bits per heavy atom. The van der Waals surface area contributed by atoms with E-state index < -0.39 is 0 Å². The van der Waals surface area contributed by atoms with Crippen LogP contribution in [0.4, 0.5) is 11.4 Å². The Morgan fingerprint density at radius 3 is 3.00 bits per heavy atom. The molecule has 1 unspecified atom stereocenters. The molecule has 0 aliphatic carbocycles. The van der Waals surface area contributed by atoms with Crippen LogP contribution in [0.2, 0.25) is 0 Å². The first kappa shape index (κ1) is 15.4. The number of piperidine rings is 1. The Balaban J connectivity index is 1.87. The maximum absolute atomic E-state index is 12.0. The van der Waals surface area contributed by atoms with Crippen LogP contribution in [0.1, 0.15) is 31.7 Å². The number of nitrogen functional groups attached to an aromatic ring is 1. The number of aryl methyl sites for hydroxylation is 1. The quantitative estimate of drug-likeness (QED) is 0.834. The molecule has 1 saturated heterocycles. The maximum Gasteiger partial charge on any atom is 0.226 e. The number of amides is 2. The first-order chi connectivity index (χ1) is 9.97. The van der Waals surface area contributed by atoms with Gasteiger partial charge in [0, 0.05) is 36.8 Å². The molecule has 21 heavy (non-hydrogen) atoms. The van der Waals surface area contributed by atoms with Crippen LogP contribution in [0.15, 0.2) is 18.2 Å². The van der Waals surface area contributed by atoms with Crippen molar-refractivity contribution >= 4 is 23.2 Å². The molecule has 0 radical (unpaired) electrons. The van der Waals surface area contributed by atoms with Crippen molar-refractivity contribution in [1.82, 2.24) is 4.90 Å². The first-order valence-corrected chi connectivity index (χ1v) is 7.42. The van der Waals surface area contributed by atoms with Gasteiger partial charge in [0.05, 0.1) is 0 Å². The van der Waals surface area contributed by atoms with Gasteiger partial charge >= 0.3 is 0 Å². The number of carbonyl (C=O) groups excluding carboxylic acids is 2. The number of likely N-dealkylation sites (tertiary alicyclic amines) is 1.